The molecule has 2 atom stereocenters. The molecule has 2 amide bonds. The van der Waals surface area contributed by atoms with Crippen LogP contribution >= 0.6 is 0 Å². The quantitative estimate of drug-likeness (QED) is 0.564. The van der Waals surface area contributed by atoms with Gasteiger partial charge in [-0.25, -0.2) is 31.1 Å². The molecule has 3 N–H and O–H groups in total. The number of anilines is 1. The van der Waals surface area contributed by atoms with Gasteiger partial charge in [-0.15, -0.1) is 0 Å². The maximum absolute atomic E-state index is 13.5. The van der Waals surface area contributed by atoms with E-state index in [0.29, 0.717) is 12.1 Å². The number of carboxylic acid groups (broad SMARTS) is 1. The number of halogens is 3. The summed E-state index contributed by atoms with van der Waals surface area (Å²) in [6.45, 7) is -0.117. The standard InChI is InChI=1S/C18H17F3N4O6S/c1-24-6-13-16(15(24)17(26)22-9-2-10(19)14(21)11(20)3-9)31-7-8-4-25(18(27)28)5-12(8)23-32(13,29)30/h2-3,6,8,12,23H,4-5,7H2,1H3,(H,22,26)(H,27,28)/t8-,12-/m0/s1. The Kier molecular flexibility index (Phi) is 5.29. The molecule has 0 bridgehead atoms. The zero-order chi connectivity index (χ0) is 23.4. The number of aromatic nitrogens is 1. The highest BCUT2D eigenvalue weighted by Gasteiger charge is 2.42. The molecule has 1 saturated heterocycles. The van der Waals surface area contributed by atoms with Gasteiger partial charge >= 0.3 is 6.09 Å². The molecule has 172 valence electrons. The normalized spacial score (nSPS) is 21.7. The summed E-state index contributed by atoms with van der Waals surface area (Å²) in [7, 11) is -2.82. The van der Waals surface area contributed by atoms with Crippen molar-refractivity contribution in [1.82, 2.24) is 14.2 Å². The lowest BCUT2D eigenvalue weighted by molar-refractivity contribution is 0.101. The molecule has 0 radical (unpaired) electrons. The van der Waals surface area contributed by atoms with Gasteiger partial charge in [0, 0.05) is 56.1 Å². The molecule has 2 aliphatic rings. The molecule has 32 heavy (non-hydrogen) atoms. The zero-order valence-electron chi connectivity index (χ0n) is 16.4. The molecule has 0 saturated carbocycles. The number of fused-ring (bicyclic) bond motifs is 2. The zero-order valence-corrected chi connectivity index (χ0v) is 17.2. The Bertz CT molecular complexity index is 1210. The van der Waals surface area contributed by atoms with E-state index < -0.39 is 51.4 Å². The van der Waals surface area contributed by atoms with Crippen molar-refractivity contribution in [2.75, 3.05) is 25.0 Å². The first-order valence-corrected chi connectivity index (χ1v) is 10.7. The van der Waals surface area contributed by atoms with Crippen LogP contribution in [0.3, 0.4) is 0 Å². The number of likely N-dealkylation sites (tertiary alicyclic amines) is 1. The summed E-state index contributed by atoms with van der Waals surface area (Å²) in [6.07, 6.45) is -0.0732. The molecule has 14 heteroatoms. The molecule has 4 rings (SSSR count). The van der Waals surface area contributed by atoms with E-state index in [1.807, 2.05) is 0 Å². The fourth-order valence-corrected chi connectivity index (χ4v) is 5.26. The van der Waals surface area contributed by atoms with E-state index in [-0.39, 0.29) is 41.7 Å². The van der Waals surface area contributed by atoms with Crippen molar-refractivity contribution >= 4 is 27.7 Å². The van der Waals surface area contributed by atoms with Crippen LogP contribution in [0.2, 0.25) is 0 Å². The van der Waals surface area contributed by atoms with E-state index in [2.05, 4.69) is 10.0 Å². The Balaban J connectivity index is 1.67. The number of hydrogen-bond donors (Lipinski definition) is 3. The van der Waals surface area contributed by atoms with Gasteiger partial charge in [0.1, 0.15) is 4.90 Å². The number of hydrogen-bond acceptors (Lipinski definition) is 5. The van der Waals surface area contributed by atoms with E-state index in [9.17, 15) is 36.3 Å². The number of ether oxygens (including phenoxy) is 1. The number of benzene rings is 1. The van der Waals surface area contributed by atoms with Gasteiger partial charge in [-0.2, -0.15) is 0 Å². The number of aryl methyl sites for hydroxylation is 1. The minimum atomic E-state index is -4.20. The molecule has 1 aromatic carbocycles. The summed E-state index contributed by atoms with van der Waals surface area (Å²) in [6, 6.07) is 0.434. The Hall–Kier alpha value is -3.26. The first kappa shape index (κ1) is 22.0. The van der Waals surface area contributed by atoms with Crippen LogP contribution in [0, 0.1) is 23.4 Å². The van der Waals surface area contributed by atoms with Crippen molar-refractivity contribution in [2.24, 2.45) is 13.0 Å². The van der Waals surface area contributed by atoms with Crippen molar-refractivity contribution in [3.05, 3.63) is 41.5 Å². The van der Waals surface area contributed by atoms with Crippen molar-refractivity contribution in [3.63, 3.8) is 0 Å². The maximum atomic E-state index is 13.5. The Morgan fingerprint density at radius 2 is 1.88 bits per heavy atom. The summed E-state index contributed by atoms with van der Waals surface area (Å²) in [4.78, 5) is 24.8. The van der Waals surface area contributed by atoms with Gasteiger partial charge < -0.3 is 24.6 Å². The minimum Gasteiger partial charge on any atom is -0.489 e. The molecule has 1 fully saturated rings. The average Bonchev–Trinajstić information content (AvgIpc) is 3.24. The molecule has 2 aromatic rings. The first-order chi connectivity index (χ1) is 15.0. The van der Waals surface area contributed by atoms with Crippen LogP contribution in [0.4, 0.5) is 23.7 Å². The number of rotatable bonds is 2. The number of nitrogens with one attached hydrogen (secondary N) is 2. The van der Waals surface area contributed by atoms with E-state index in [0.717, 1.165) is 11.1 Å². The highest BCUT2D eigenvalue weighted by atomic mass is 32.2. The number of amides is 2. The number of carbonyl (C=O) groups excluding carboxylic acids is 1. The second-order valence-electron chi connectivity index (χ2n) is 7.48. The lowest BCUT2D eigenvalue weighted by Gasteiger charge is -2.23. The summed E-state index contributed by atoms with van der Waals surface area (Å²) in [5.41, 5.74) is -0.650. The van der Waals surface area contributed by atoms with Crippen LogP contribution in [0.15, 0.2) is 23.2 Å². The molecular formula is C18H17F3N4O6S. The average molecular weight is 474 g/mol. The molecule has 3 heterocycles. The fourth-order valence-electron chi connectivity index (χ4n) is 3.77. The third kappa shape index (κ3) is 3.75. The molecule has 0 aliphatic carbocycles. The molecule has 1 aromatic heterocycles. The molecule has 2 aliphatic heterocycles. The molecule has 10 nitrogen and oxygen atoms in total. The minimum absolute atomic E-state index is 0.0281. The van der Waals surface area contributed by atoms with Gasteiger partial charge in [-0.1, -0.05) is 0 Å². The van der Waals surface area contributed by atoms with Gasteiger partial charge in [0.05, 0.1) is 6.61 Å². The predicted molar refractivity (Wildman–Crippen MR) is 102 cm³/mol. The van der Waals surface area contributed by atoms with Crippen molar-refractivity contribution in [2.45, 2.75) is 10.9 Å². The Labute approximate surface area is 179 Å². The van der Waals surface area contributed by atoms with E-state index in [4.69, 9.17) is 4.74 Å². The first-order valence-electron chi connectivity index (χ1n) is 9.26. The van der Waals surface area contributed by atoms with Gasteiger partial charge in [-0.3, -0.25) is 4.79 Å². The second-order valence-corrected chi connectivity index (χ2v) is 9.16. The van der Waals surface area contributed by atoms with Gasteiger partial charge in [-0.05, 0) is 0 Å². The summed E-state index contributed by atoms with van der Waals surface area (Å²) < 4.78 is 75.2. The molecular weight excluding hydrogens is 457 g/mol. The third-order valence-electron chi connectivity index (χ3n) is 5.31. The van der Waals surface area contributed by atoms with Gasteiger partial charge in [0.2, 0.25) is 10.0 Å². The fraction of sp³-hybridized carbons (Fsp3) is 0.333. The SMILES string of the molecule is Cn1cc2c(c1C(=O)Nc1cc(F)c(F)c(F)c1)OC[C@@H]1CN(C(=O)O)C[C@@H]1NS2(=O)=O. The van der Waals surface area contributed by atoms with Crippen LogP contribution in [-0.2, 0) is 17.1 Å². The van der Waals surface area contributed by atoms with Crippen molar-refractivity contribution in [3.8, 4) is 5.75 Å². The third-order valence-corrected chi connectivity index (χ3v) is 6.79. The summed E-state index contributed by atoms with van der Waals surface area (Å²) >= 11 is 0. The van der Waals surface area contributed by atoms with Crippen LogP contribution in [0.25, 0.3) is 0 Å². The lowest BCUT2D eigenvalue weighted by Crippen LogP contribution is -2.43. The summed E-state index contributed by atoms with van der Waals surface area (Å²) in [5, 5.41) is 11.4. The van der Waals surface area contributed by atoms with Gasteiger partial charge in [0.25, 0.3) is 5.91 Å². The maximum Gasteiger partial charge on any atom is 0.407 e. The lowest BCUT2D eigenvalue weighted by atomic mass is 10.1. The molecule has 0 spiro atoms. The van der Waals surface area contributed by atoms with Crippen LogP contribution in [0.1, 0.15) is 10.5 Å². The van der Waals surface area contributed by atoms with E-state index in [1.54, 1.807) is 0 Å². The largest absolute Gasteiger partial charge is 0.489 e. The van der Waals surface area contributed by atoms with Crippen LogP contribution in [0.5, 0.6) is 5.75 Å². The van der Waals surface area contributed by atoms with Crippen LogP contribution in [-0.4, -0.2) is 60.7 Å². The number of nitrogens with zero attached hydrogens (tertiary/aromatic N) is 2. The van der Waals surface area contributed by atoms with Crippen molar-refractivity contribution in [1.29, 1.82) is 0 Å². The van der Waals surface area contributed by atoms with E-state index >= 15 is 0 Å². The highest BCUT2D eigenvalue weighted by molar-refractivity contribution is 7.89. The van der Waals surface area contributed by atoms with Crippen LogP contribution < -0.4 is 14.8 Å². The highest BCUT2D eigenvalue weighted by Crippen LogP contribution is 2.34. The predicted octanol–water partition coefficient (Wildman–Crippen LogP) is 1.34. The second kappa shape index (κ2) is 7.70. The van der Waals surface area contributed by atoms with Gasteiger partial charge in [0.15, 0.2) is 28.9 Å². The summed E-state index contributed by atoms with van der Waals surface area (Å²) in [5.74, 6) is -6.49. The Morgan fingerprint density at radius 1 is 1.22 bits per heavy atom. The number of carbonyl (C=O) groups is 2. The monoisotopic (exact) mass is 474 g/mol. The van der Waals surface area contributed by atoms with E-state index in [1.165, 1.54) is 11.6 Å². The Morgan fingerprint density at radius 3 is 2.50 bits per heavy atom. The topological polar surface area (TPSA) is 130 Å². The molecule has 0 unspecified atom stereocenters. The number of sulfonamides is 1. The smallest absolute Gasteiger partial charge is 0.407 e. The van der Waals surface area contributed by atoms with Crippen molar-refractivity contribution < 1.29 is 41.0 Å².